The predicted octanol–water partition coefficient (Wildman–Crippen LogP) is 4.40. The van der Waals surface area contributed by atoms with Crippen LogP contribution in [0.4, 0.5) is 4.39 Å². The second-order valence-corrected chi connectivity index (χ2v) is 9.20. The van der Waals surface area contributed by atoms with Crippen molar-refractivity contribution >= 4 is 17.6 Å². The molecule has 2 aliphatic rings. The average Bonchev–Trinajstić information content (AvgIpc) is 3.25. The number of amides is 1. The lowest BCUT2D eigenvalue weighted by Gasteiger charge is -2.32. The van der Waals surface area contributed by atoms with Crippen molar-refractivity contribution in [1.82, 2.24) is 9.91 Å². The molecule has 0 saturated carbocycles. The van der Waals surface area contributed by atoms with Gasteiger partial charge < -0.3 is 4.74 Å². The molecule has 6 nitrogen and oxygen atoms in total. The van der Waals surface area contributed by atoms with Crippen molar-refractivity contribution in [3.8, 4) is 0 Å². The monoisotopic (exact) mass is 465 g/mol. The number of hydrogen-bond acceptors (Lipinski definition) is 5. The first-order valence-corrected chi connectivity index (χ1v) is 12.0. The molecule has 0 N–H and O–H groups in total. The van der Waals surface area contributed by atoms with Crippen molar-refractivity contribution in [3.05, 3.63) is 70.5 Å². The average molecular weight is 466 g/mol. The van der Waals surface area contributed by atoms with E-state index in [4.69, 9.17) is 9.84 Å². The van der Waals surface area contributed by atoms with Gasteiger partial charge in [0.1, 0.15) is 5.82 Å². The zero-order valence-electron chi connectivity index (χ0n) is 20.1. The molecule has 2 heterocycles. The van der Waals surface area contributed by atoms with Crippen LogP contribution in [0.1, 0.15) is 54.5 Å². The van der Waals surface area contributed by atoms with Crippen molar-refractivity contribution in [2.24, 2.45) is 11.0 Å². The molecule has 34 heavy (non-hydrogen) atoms. The molecule has 1 saturated heterocycles. The molecule has 2 aliphatic heterocycles. The molecule has 4 rings (SSSR count). The van der Waals surface area contributed by atoms with Gasteiger partial charge in [-0.3, -0.25) is 14.5 Å². The van der Waals surface area contributed by atoms with Gasteiger partial charge in [-0.15, -0.1) is 0 Å². The lowest BCUT2D eigenvalue weighted by molar-refractivity contribution is -0.150. The zero-order chi connectivity index (χ0) is 24.2. The van der Waals surface area contributed by atoms with Gasteiger partial charge in [0.15, 0.2) is 0 Å². The summed E-state index contributed by atoms with van der Waals surface area (Å²) in [5.74, 6) is -0.904. The van der Waals surface area contributed by atoms with Gasteiger partial charge in [-0.05, 0) is 63.4 Å². The molecule has 0 radical (unpaired) electrons. The summed E-state index contributed by atoms with van der Waals surface area (Å²) in [6.07, 6.45) is 2.12. The largest absolute Gasteiger partial charge is 0.466 e. The third-order valence-corrected chi connectivity index (χ3v) is 6.58. The zero-order valence-corrected chi connectivity index (χ0v) is 20.1. The number of ether oxygens (including phenoxy) is 1. The highest BCUT2D eigenvalue weighted by Crippen LogP contribution is 2.34. The molecule has 0 aliphatic carbocycles. The van der Waals surface area contributed by atoms with Gasteiger partial charge in [-0.2, -0.15) is 5.10 Å². The molecule has 1 fully saturated rings. The molecule has 0 spiro atoms. The fourth-order valence-electron chi connectivity index (χ4n) is 4.93. The van der Waals surface area contributed by atoms with Crippen LogP contribution in [0.3, 0.4) is 0 Å². The van der Waals surface area contributed by atoms with Gasteiger partial charge in [-0.1, -0.05) is 35.9 Å². The van der Waals surface area contributed by atoms with E-state index in [1.807, 2.05) is 36.9 Å². The highest BCUT2D eigenvalue weighted by Gasteiger charge is 2.35. The Balaban J connectivity index is 1.57. The minimum absolute atomic E-state index is 0.154. The van der Waals surface area contributed by atoms with Gasteiger partial charge >= 0.3 is 5.97 Å². The van der Waals surface area contributed by atoms with E-state index in [1.165, 1.54) is 17.1 Å². The Morgan fingerprint density at radius 2 is 2.00 bits per heavy atom. The SMILES string of the molecule is CCOC(=O)[C@@H]1CCCN(CC(=O)N2N=C(c3ccc(C)cc3C)C[C@@H]2c2cccc(F)c2)C1. The molecule has 2 atom stereocenters. The number of carbonyl (C=O) groups excluding carboxylic acids is 2. The topological polar surface area (TPSA) is 62.2 Å². The molecule has 0 unspecified atom stereocenters. The van der Waals surface area contributed by atoms with E-state index < -0.39 is 0 Å². The number of carbonyl (C=O) groups is 2. The van der Waals surface area contributed by atoms with Crippen LogP contribution in [-0.4, -0.2) is 53.7 Å². The number of rotatable bonds is 6. The smallest absolute Gasteiger partial charge is 0.310 e. The summed E-state index contributed by atoms with van der Waals surface area (Å²) in [7, 11) is 0. The number of benzene rings is 2. The number of hydrogen-bond donors (Lipinski definition) is 0. The minimum Gasteiger partial charge on any atom is -0.466 e. The van der Waals surface area contributed by atoms with Crippen molar-refractivity contribution in [1.29, 1.82) is 0 Å². The van der Waals surface area contributed by atoms with Crippen LogP contribution in [0.5, 0.6) is 0 Å². The molecule has 0 bridgehead atoms. The van der Waals surface area contributed by atoms with Gasteiger partial charge in [0.25, 0.3) is 5.91 Å². The second kappa shape index (κ2) is 10.5. The summed E-state index contributed by atoms with van der Waals surface area (Å²) in [6.45, 7) is 7.63. The summed E-state index contributed by atoms with van der Waals surface area (Å²) < 4.78 is 19.2. The first kappa shape index (κ1) is 24.1. The molecule has 7 heteroatoms. The third-order valence-electron chi connectivity index (χ3n) is 6.58. The van der Waals surface area contributed by atoms with Gasteiger partial charge in [0.05, 0.1) is 30.8 Å². The maximum Gasteiger partial charge on any atom is 0.310 e. The third kappa shape index (κ3) is 5.36. The number of likely N-dealkylation sites (tertiary alicyclic amines) is 1. The normalized spacial score (nSPS) is 20.8. The lowest BCUT2D eigenvalue weighted by atomic mass is 9.95. The number of piperidine rings is 1. The summed E-state index contributed by atoms with van der Waals surface area (Å²) in [6, 6.07) is 12.2. The Labute approximate surface area is 200 Å². The molecule has 2 aromatic carbocycles. The number of esters is 1. The van der Waals surface area contributed by atoms with Crippen molar-refractivity contribution in [3.63, 3.8) is 0 Å². The first-order valence-electron chi connectivity index (χ1n) is 12.0. The number of hydrazone groups is 1. The maximum atomic E-state index is 14.0. The van der Waals surface area contributed by atoms with Crippen molar-refractivity contribution in [2.75, 3.05) is 26.2 Å². The van der Waals surface area contributed by atoms with E-state index in [9.17, 15) is 14.0 Å². The van der Waals surface area contributed by atoms with Crippen LogP contribution in [0, 0.1) is 25.6 Å². The van der Waals surface area contributed by atoms with Gasteiger partial charge in [-0.25, -0.2) is 9.40 Å². The van der Waals surface area contributed by atoms with Crippen LogP contribution in [0.2, 0.25) is 0 Å². The van der Waals surface area contributed by atoms with E-state index in [1.54, 1.807) is 13.0 Å². The number of halogens is 1. The quantitative estimate of drug-likeness (QED) is 0.594. The summed E-state index contributed by atoms with van der Waals surface area (Å²) in [4.78, 5) is 27.7. The van der Waals surface area contributed by atoms with Crippen LogP contribution in [0.15, 0.2) is 47.6 Å². The molecule has 0 aromatic heterocycles. The summed E-state index contributed by atoms with van der Waals surface area (Å²) in [5.41, 5.74) is 4.81. The highest BCUT2D eigenvalue weighted by molar-refractivity contribution is 6.04. The van der Waals surface area contributed by atoms with E-state index >= 15 is 0 Å². The van der Waals surface area contributed by atoms with Crippen molar-refractivity contribution in [2.45, 2.75) is 46.1 Å². The summed E-state index contributed by atoms with van der Waals surface area (Å²) in [5, 5.41) is 6.26. The van der Waals surface area contributed by atoms with E-state index in [0.29, 0.717) is 19.6 Å². The molecular weight excluding hydrogens is 433 g/mol. The van der Waals surface area contributed by atoms with Gasteiger partial charge in [0.2, 0.25) is 0 Å². The van der Waals surface area contributed by atoms with Crippen molar-refractivity contribution < 1.29 is 18.7 Å². The molecule has 1 amide bonds. The van der Waals surface area contributed by atoms with Crippen LogP contribution < -0.4 is 0 Å². The van der Waals surface area contributed by atoms with Gasteiger partial charge in [0, 0.05) is 18.5 Å². The Morgan fingerprint density at radius 3 is 2.74 bits per heavy atom. The van der Waals surface area contributed by atoms with Crippen LogP contribution in [0.25, 0.3) is 0 Å². The minimum atomic E-state index is -0.371. The fraction of sp³-hybridized carbons (Fsp3) is 0.444. The number of aryl methyl sites for hydroxylation is 2. The van der Waals surface area contributed by atoms with E-state index in [0.717, 1.165) is 47.4 Å². The standard InChI is InChI=1S/C27H32FN3O3/c1-4-34-27(33)21-8-6-12-30(16-21)17-26(32)31-25(20-7-5-9-22(28)14-20)15-24(29-31)23-11-10-18(2)13-19(23)3/h5,7,9-11,13-14,21,25H,4,6,8,12,15-17H2,1-3H3/t21-,25-/m1/s1. The Bertz CT molecular complexity index is 1100. The predicted molar refractivity (Wildman–Crippen MR) is 129 cm³/mol. The number of nitrogens with zero attached hydrogens (tertiary/aromatic N) is 3. The van der Waals surface area contributed by atoms with Crippen LogP contribution >= 0.6 is 0 Å². The Morgan fingerprint density at radius 1 is 1.18 bits per heavy atom. The molecular formula is C27H32FN3O3. The molecule has 180 valence electrons. The summed E-state index contributed by atoms with van der Waals surface area (Å²) >= 11 is 0. The first-order chi connectivity index (χ1) is 16.4. The lowest BCUT2D eigenvalue weighted by Crippen LogP contribution is -2.44. The fourth-order valence-corrected chi connectivity index (χ4v) is 4.93. The van der Waals surface area contributed by atoms with E-state index in [2.05, 4.69) is 6.07 Å². The maximum absolute atomic E-state index is 14.0. The highest BCUT2D eigenvalue weighted by atomic mass is 19.1. The Kier molecular flexibility index (Phi) is 7.41. The second-order valence-electron chi connectivity index (χ2n) is 9.20. The van der Waals surface area contributed by atoms with E-state index in [-0.39, 0.29) is 36.2 Å². The molecule has 2 aromatic rings. The Hall–Kier alpha value is -3.06. The van der Waals surface area contributed by atoms with Crippen LogP contribution in [-0.2, 0) is 14.3 Å².